The molecule has 0 spiro atoms. The Balaban J connectivity index is 4.29. The lowest BCUT2D eigenvalue weighted by atomic mass is 10.7. The fourth-order valence-corrected chi connectivity index (χ4v) is 3.98. The van der Waals surface area contributed by atoms with Gasteiger partial charge in [-0.15, -0.1) is 13.2 Å². The molecule has 0 bridgehead atoms. The molecule has 15 heavy (non-hydrogen) atoms. The van der Waals surface area contributed by atoms with Crippen LogP contribution in [0.1, 0.15) is 0 Å². The van der Waals surface area contributed by atoms with Crippen LogP contribution in [-0.2, 0) is 22.5 Å². The summed E-state index contributed by atoms with van der Waals surface area (Å²) in [5, 5.41) is 0. The van der Waals surface area contributed by atoms with E-state index in [0.717, 1.165) is 0 Å². The number of rotatable bonds is 8. The summed E-state index contributed by atoms with van der Waals surface area (Å²) in [6.45, 7) is 9.37. The highest BCUT2D eigenvalue weighted by Crippen LogP contribution is 2.60. The fourth-order valence-electron chi connectivity index (χ4n) is 0.693. The van der Waals surface area contributed by atoms with E-state index in [9.17, 15) is 9.13 Å². The zero-order valence-electron chi connectivity index (χ0n) is 8.92. The van der Waals surface area contributed by atoms with Gasteiger partial charge in [0, 0.05) is 13.3 Å². The van der Waals surface area contributed by atoms with E-state index in [1.165, 1.54) is 25.5 Å². The Morgan fingerprint density at radius 2 is 1.33 bits per heavy atom. The van der Waals surface area contributed by atoms with Crippen LogP contribution in [0.2, 0.25) is 0 Å². The molecule has 88 valence electrons. The molecule has 5 nitrogen and oxygen atoms in total. The molecule has 0 amide bonds. The van der Waals surface area contributed by atoms with Gasteiger partial charge in [0.2, 0.25) is 0 Å². The molecule has 0 rings (SSSR count). The van der Waals surface area contributed by atoms with Gasteiger partial charge in [-0.05, 0) is 0 Å². The van der Waals surface area contributed by atoms with E-state index >= 15 is 0 Å². The van der Waals surface area contributed by atoms with Crippen molar-refractivity contribution in [3.8, 4) is 0 Å². The highest BCUT2D eigenvalue weighted by atomic mass is 31.3. The summed E-state index contributed by atoms with van der Waals surface area (Å²) in [4.78, 5) is 0. The molecule has 0 fully saturated rings. The highest BCUT2D eigenvalue weighted by molar-refractivity contribution is 7.66. The predicted octanol–water partition coefficient (Wildman–Crippen LogP) is 3.05. The Morgan fingerprint density at radius 3 is 1.60 bits per heavy atom. The second-order valence-electron chi connectivity index (χ2n) is 2.79. The molecule has 0 aromatic heterocycles. The van der Waals surface area contributed by atoms with Gasteiger partial charge >= 0.3 is 15.2 Å². The van der Waals surface area contributed by atoms with E-state index < -0.39 is 15.2 Å². The molecule has 0 aliphatic heterocycles. The number of hydrogen-bond acceptors (Lipinski definition) is 5. The van der Waals surface area contributed by atoms with Crippen LogP contribution >= 0.6 is 15.2 Å². The third-order valence-corrected chi connectivity index (χ3v) is 4.76. The zero-order valence-corrected chi connectivity index (χ0v) is 10.7. The van der Waals surface area contributed by atoms with Crippen molar-refractivity contribution < 1.29 is 22.5 Å². The van der Waals surface area contributed by atoms with Crippen molar-refractivity contribution in [1.29, 1.82) is 0 Å². The van der Waals surface area contributed by atoms with Gasteiger partial charge in [0.05, 0.1) is 13.2 Å². The molecule has 0 aliphatic rings. The zero-order chi connectivity index (χ0) is 11.9. The second kappa shape index (κ2) is 6.41. The van der Waals surface area contributed by atoms with Gasteiger partial charge in [-0.1, -0.05) is 12.2 Å². The maximum Gasteiger partial charge on any atom is 0.335 e. The summed E-state index contributed by atoms with van der Waals surface area (Å²) >= 11 is 0. The second-order valence-corrected chi connectivity index (χ2v) is 7.05. The summed E-state index contributed by atoms with van der Waals surface area (Å²) in [5.74, 6) is 0. The molecule has 7 heteroatoms. The van der Waals surface area contributed by atoms with Crippen molar-refractivity contribution in [1.82, 2.24) is 0 Å². The van der Waals surface area contributed by atoms with Crippen molar-refractivity contribution in [2.45, 2.75) is 0 Å². The van der Waals surface area contributed by atoms with Crippen molar-refractivity contribution in [3.63, 3.8) is 0 Å². The molecule has 0 aromatic carbocycles. The molecule has 2 atom stereocenters. The lowest BCUT2D eigenvalue weighted by Gasteiger charge is -2.18. The Labute approximate surface area is 90.2 Å². The first kappa shape index (κ1) is 14.8. The molecule has 0 heterocycles. The van der Waals surface area contributed by atoms with Crippen LogP contribution in [0, 0.1) is 0 Å². The van der Waals surface area contributed by atoms with Crippen LogP contribution in [0.15, 0.2) is 25.3 Å². The van der Waals surface area contributed by atoms with Crippen LogP contribution in [0.5, 0.6) is 0 Å². The Hall–Kier alpha value is -0.180. The Kier molecular flexibility index (Phi) is 6.34. The lowest BCUT2D eigenvalue weighted by Crippen LogP contribution is -1.96. The minimum Gasteiger partial charge on any atom is -0.304 e. The van der Waals surface area contributed by atoms with E-state index in [2.05, 4.69) is 13.2 Å². The molecule has 0 radical (unpaired) electrons. The third kappa shape index (κ3) is 7.71. The van der Waals surface area contributed by atoms with Gasteiger partial charge < -0.3 is 9.05 Å². The van der Waals surface area contributed by atoms with E-state index in [1.807, 2.05) is 0 Å². The fraction of sp³-hybridized carbons (Fsp3) is 0.500. The average Bonchev–Trinajstić information content (AvgIpc) is 2.10. The maximum absolute atomic E-state index is 11.6. The quantitative estimate of drug-likeness (QED) is 0.492. The first-order valence-corrected chi connectivity index (χ1v) is 8.18. The Morgan fingerprint density at radius 1 is 1.00 bits per heavy atom. The van der Waals surface area contributed by atoms with Crippen LogP contribution in [0.25, 0.3) is 0 Å². The van der Waals surface area contributed by atoms with E-state index in [0.29, 0.717) is 0 Å². The normalized spacial score (nSPS) is 18.8. The van der Waals surface area contributed by atoms with Gasteiger partial charge in [-0.25, -0.2) is 4.31 Å². The molecular weight excluding hydrogens is 238 g/mol. The van der Waals surface area contributed by atoms with Gasteiger partial charge in [-0.3, -0.25) is 9.13 Å². The average molecular weight is 254 g/mol. The predicted molar refractivity (Wildman–Crippen MR) is 60.4 cm³/mol. The monoisotopic (exact) mass is 254 g/mol. The van der Waals surface area contributed by atoms with E-state index in [-0.39, 0.29) is 13.2 Å². The van der Waals surface area contributed by atoms with Gasteiger partial charge in [-0.2, -0.15) is 0 Å². The van der Waals surface area contributed by atoms with Crippen molar-refractivity contribution >= 4 is 15.2 Å². The molecule has 2 unspecified atom stereocenters. The highest BCUT2D eigenvalue weighted by Gasteiger charge is 2.28. The lowest BCUT2D eigenvalue weighted by molar-refractivity contribution is 0.257. The smallest absolute Gasteiger partial charge is 0.304 e. The molecule has 0 aliphatic carbocycles. The van der Waals surface area contributed by atoms with E-state index in [1.54, 1.807) is 0 Å². The summed E-state index contributed by atoms with van der Waals surface area (Å²) < 4.78 is 37.6. The van der Waals surface area contributed by atoms with E-state index in [4.69, 9.17) is 13.4 Å². The largest absolute Gasteiger partial charge is 0.335 e. The van der Waals surface area contributed by atoms with Crippen molar-refractivity contribution in [3.05, 3.63) is 25.3 Å². The van der Waals surface area contributed by atoms with Crippen molar-refractivity contribution in [2.24, 2.45) is 0 Å². The van der Waals surface area contributed by atoms with Gasteiger partial charge in [0.1, 0.15) is 0 Å². The molecule has 0 N–H and O–H groups in total. The van der Waals surface area contributed by atoms with Gasteiger partial charge in [0.15, 0.2) is 0 Å². The summed E-state index contributed by atoms with van der Waals surface area (Å²) in [6.07, 6.45) is 2.84. The Bertz CT molecular complexity index is 282. The van der Waals surface area contributed by atoms with Crippen LogP contribution in [-0.4, -0.2) is 26.5 Å². The molecule has 0 saturated heterocycles. The summed E-state index contributed by atoms with van der Waals surface area (Å²) in [7, 11) is -6.73. The minimum absolute atomic E-state index is 0.0647. The summed E-state index contributed by atoms with van der Waals surface area (Å²) in [6, 6.07) is 0. The topological polar surface area (TPSA) is 61.8 Å². The first-order chi connectivity index (χ1) is 6.83. The SMILES string of the molecule is C=CCOP(C)(=O)OP(C)(=O)OCC=C. The number of hydrogen-bond donors (Lipinski definition) is 0. The first-order valence-electron chi connectivity index (χ1n) is 4.20. The molecule has 0 saturated carbocycles. The van der Waals surface area contributed by atoms with Crippen LogP contribution < -0.4 is 0 Å². The van der Waals surface area contributed by atoms with Crippen LogP contribution in [0.3, 0.4) is 0 Å². The standard InChI is InChI=1S/C8H16O5P2/c1-5-7-11-14(3,9)13-15(4,10)12-8-6-2/h5-6H,1-2,7-8H2,3-4H3. The van der Waals surface area contributed by atoms with Crippen molar-refractivity contribution in [2.75, 3.05) is 26.5 Å². The van der Waals surface area contributed by atoms with Gasteiger partial charge in [0.25, 0.3) is 0 Å². The van der Waals surface area contributed by atoms with Crippen LogP contribution in [0.4, 0.5) is 0 Å². The maximum atomic E-state index is 11.6. The molecule has 0 aromatic rings. The molecular formula is C8H16O5P2. The minimum atomic E-state index is -3.36. The summed E-state index contributed by atoms with van der Waals surface area (Å²) in [5.41, 5.74) is 0. The third-order valence-electron chi connectivity index (χ3n) is 1.15.